The molecule has 1 unspecified atom stereocenters. The van der Waals surface area contributed by atoms with Gasteiger partial charge in [-0.25, -0.2) is 9.98 Å². The Labute approximate surface area is 161 Å². The Bertz CT molecular complexity index is 637. The van der Waals surface area contributed by atoms with Gasteiger partial charge < -0.3 is 19.7 Å². The Morgan fingerprint density at radius 2 is 2.30 bits per heavy atom. The second kappa shape index (κ2) is 9.98. The van der Waals surface area contributed by atoms with Crippen LogP contribution < -0.4 is 10.1 Å². The molecule has 1 fully saturated rings. The van der Waals surface area contributed by atoms with Crippen molar-refractivity contribution in [1.82, 2.24) is 15.2 Å². The Morgan fingerprint density at radius 1 is 1.52 bits per heavy atom. The van der Waals surface area contributed by atoms with Gasteiger partial charge in [0.15, 0.2) is 5.96 Å². The molecule has 6 nitrogen and oxygen atoms in total. The normalized spacial score (nSPS) is 17.9. The predicted octanol–water partition coefficient (Wildman–Crippen LogP) is 3.07. The molecule has 0 bridgehead atoms. The molecule has 1 saturated heterocycles. The first-order valence-corrected chi connectivity index (χ1v) is 9.11. The van der Waals surface area contributed by atoms with Crippen LogP contribution in [0.4, 0.5) is 13.2 Å². The van der Waals surface area contributed by atoms with Crippen LogP contribution in [-0.2, 0) is 10.9 Å². The topological polar surface area (TPSA) is 59.0 Å². The number of aliphatic imine (C=N–C) groups is 1. The second-order valence-corrected chi connectivity index (χ2v) is 6.61. The van der Waals surface area contributed by atoms with Crippen molar-refractivity contribution in [1.29, 1.82) is 0 Å². The molecule has 27 heavy (non-hydrogen) atoms. The molecule has 1 aliphatic rings. The lowest BCUT2D eigenvalue weighted by Gasteiger charge is -2.24. The molecule has 10 heteroatoms. The molecule has 1 N–H and O–H groups in total. The molecule has 0 amide bonds. The third kappa shape index (κ3) is 6.73. The molecule has 2 rings (SSSR count). The first-order chi connectivity index (χ1) is 12.8. The van der Waals surface area contributed by atoms with E-state index in [0.717, 1.165) is 44.8 Å². The number of pyridine rings is 1. The summed E-state index contributed by atoms with van der Waals surface area (Å²) in [6.45, 7) is 5.53. The van der Waals surface area contributed by atoms with E-state index < -0.39 is 11.7 Å². The highest BCUT2D eigenvalue weighted by atomic mass is 35.5. The van der Waals surface area contributed by atoms with Gasteiger partial charge in [0.1, 0.15) is 11.6 Å². The van der Waals surface area contributed by atoms with Crippen LogP contribution >= 0.6 is 11.6 Å². The monoisotopic (exact) mass is 408 g/mol. The minimum Gasteiger partial charge on any atom is -0.475 e. The maximum Gasteiger partial charge on any atom is 0.417 e. The second-order valence-electron chi connectivity index (χ2n) is 6.20. The van der Waals surface area contributed by atoms with Crippen molar-refractivity contribution in [3.63, 3.8) is 0 Å². The van der Waals surface area contributed by atoms with Crippen LogP contribution in [0, 0.1) is 5.92 Å². The summed E-state index contributed by atoms with van der Waals surface area (Å²) in [7, 11) is 1.95. The molecule has 0 radical (unpaired) electrons. The van der Waals surface area contributed by atoms with Gasteiger partial charge in [0.2, 0.25) is 5.88 Å². The number of nitrogens with one attached hydrogen (secondary N) is 1. The molecular formula is C17H24ClF3N4O2. The highest BCUT2D eigenvalue weighted by Gasteiger charge is 2.31. The number of halogens is 4. The van der Waals surface area contributed by atoms with Crippen molar-refractivity contribution in [2.24, 2.45) is 10.9 Å². The van der Waals surface area contributed by atoms with Crippen molar-refractivity contribution < 1.29 is 22.6 Å². The van der Waals surface area contributed by atoms with E-state index in [2.05, 4.69) is 15.3 Å². The third-order valence-corrected chi connectivity index (χ3v) is 4.25. The van der Waals surface area contributed by atoms with Gasteiger partial charge >= 0.3 is 6.18 Å². The number of alkyl halides is 3. The zero-order valence-corrected chi connectivity index (χ0v) is 16.1. The predicted molar refractivity (Wildman–Crippen MR) is 97.3 cm³/mol. The summed E-state index contributed by atoms with van der Waals surface area (Å²) in [5.41, 5.74) is -0.912. The fourth-order valence-electron chi connectivity index (χ4n) is 2.65. The summed E-state index contributed by atoms with van der Waals surface area (Å²) in [6, 6.07) is 0.800. The average Bonchev–Trinajstić information content (AvgIpc) is 3.10. The summed E-state index contributed by atoms with van der Waals surface area (Å²) >= 11 is 5.82. The van der Waals surface area contributed by atoms with E-state index in [-0.39, 0.29) is 17.5 Å². The van der Waals surface area contributed by atoms with E-state index in [9.17, 15) is 13.2 Å². The standard InChI is InChI=1S/C17H24ClF3N4O2/c1-3-22-16(25(2)10-12-4-6-26-11-12)23-5-7-27-15-14(18)8-13(9-24-15)17(19,20)21/h8-9,12H,3-7,10-11H2,1-2H3,(H,22,23). The van der Waals surface area contributed by atoms with E-state index >= 15 is 0 Å². The molecular weight excluding hydrogens is 385 g/mol. The van der Waals surface area contributed by atoms with E-state index in [4.69, 9.17) is 21.1 Å². The number of hydrogen-bond donors (Lipinski definition) is 1. The maximum atomic E-state index is 12.6. The smallest absolute Gasteiger partial charge is 0.417 e. The summed E-state index contributed by atoms with van der Waals surface area (Å²) in [5, 5.41) is 3.02. The van der Waals surface area contributed by atoms with Crippen LogP contribution in [0.25, 0.3) is 0 Å². The van der Waals surface area contributed by atoms with Gasteiger partial charge in [-0.05, 0) is 19.4 Å². The van der Waals surface area contributed by atoms with Crippen molar-refractivity contribution in [3.8, 4) is 5.88 Å². The van der Waals surface area contributed by atoms with Gasteiger partial charge in [-0.15, -0.1) is 0 Å². The number of hydrogen-bond acceptors (Lipinski definition) is 4. The Hall–Kier alpha value is -1.74. The first kappa shape index (κ1) is 21.6. The van der Waals surface area contributed by atoms with E-state index in [0.29, 0.717) is 18.7 Å². The molecule has 0 aromatic carbocycles. The van der Waals surface area contributed by atoms with Crippen LogP contribution in [0.15, 0.2) is 17.3 Å². The Balaban J connectivity index is 1.87. The maximum absolute atomic E-state index is 12.6. The summed E-state index contributed by atoms with van der Waals surface area (Å²) in [4.78, 5) is 10.1. The van der Waals surface area contributed by atoms with Crippen LogP contribution in [-0.4, -0.2) is 62.3 Å². The van der Waals surface area contributed by atoms with Gasteiger partial charge in [0, 0.05) is 38.9 Å². The van der Waals surface area contributed by atoms with Gasteiger partial charge in [-0.1, -0.05) is 11.6 Å². The number of ether oxygens (including phenoxy) is 2. The highest BCUT2D eigenvalue weighted by Crippen LogP contribution is 2.33. The minimum absolute atomic E-state index is 0.0404. The number of nitrogens with zero attached hydrogens (tertiary/aromatic N) is 3. The molecule has 1 atom stereocenters. The van der Waals surface area contributed by atoms with E-state index in [1.807, 2.05) is 18.9 Å². The summed E-state index contributed by atoms with van der Waals surface area (Å²) in [6.07, 6.45) is -2.76. The fourth-order valence-corrected chi connectivity index (χ4v) is 2.87. The largest absolute Gasteiger partial charge is 0.475 e. The highest BCUT2D eigenvalue weighted by molar-refractivity contribution is 6.31. The third-order valence-electron chi connectivity index (χ3n) is 3.98. The van der Waals surface area contributed by atoms with Crippen molar-refractivity contribution in [3.05, 3.63) is 22.8 Å². The molecule has 2 heterocycles. The molecule has 152 valence electrons. The van der Waals surface area contributed by atoms with Gasteiger partial charge in [-0.3, -0.25) is 0 Å². The average molecular weight is 409 g/mol. The number of rotatable bonds is 7. The van der Waals surface area contributed by atoms with Crippen molar-refractivity contribution in [2.45, 2.75) is 19.5 Å². The number of aromatic nitrogens is 1. The summed E-state index contributed by atoms with van der Waals surface area (Å²) < 4.78 is 48.6. The lowest BCUT2D eigenvalue weighted by atomic mass is 10.1. The lowest BCUT2D eigenvalue weighted by Crippen LogP contribution is -2.41. The molecule has 0 aliphatic carbocycles. The number of guanidine groups is 1. The first-order valence-electron chi connectivity index (χ1n) is 8.74. The van der Waals surface area contributed by atoms with Gasteiger partial charge in [-0.2, -0.15) is 13.2 Å². The minimum atomic E-state index is -4.49. The van der Waals surface area contributed by atoms with Gasteiger partial charge in [0.05, 0.1) is 18.7 Å². The Kier molecular flexibility index (Phi) is 7.97. The zero-order valence-electron chi connectivity index (χ0n) is 15.4. The molecule has 1 aromatic rings. The SMILES string of the molecule is CCNC(=NCCOc1ncc(C(F)(F)F)cc1Cl)N(C)CC1CCOC1. The lowest BCUT2D eigenvalue weighted by molar-refractivity contribution is -0.137. The molecule has 0 saturated carbocycles. The quantitative estimate of drug-likeness (QED) is 0.427. The van der Waals surface area contributed by atoms with Crippen LogP contribution in [0.2, 0.25) is 5.02 Å². The van der Waals surface area contributed by atoms with Crippen LogP contribution in [0.1, 0.15) is 18.9 Å². The van der Waals surface area contributed by atoms with Gasteiger partial charge in [0.25, 0.3) is 0 Å². The molecule has 1 aliphatic heterocycles. The van der Waals surface area contributed by atoms with E-state index in [1.165, 1.54) is 0 Å². The summed E-state index contributed by atoms with van der Waals surface area (Å²) in [5.74, 6) is 1.17. The Morgan fingerprint density at radius 3 is 2.89 bits per heavy atom. The van der Waals surface area contributed by atoms with Crippen LogP contribution in [0.3, 0.4) is 0 Å². The molecule has 1 aromatic heterocycles. The fraction of sp³-hybridized carbons (Fsp3) is 0.647. The van der Waals surface area contributed by atoms with Crippen molar-refractivity contribution in [2.75, 3.05) is 46.5 Å². The molecule has 0 spiro atoms. The van der Waals surface area contributed by atoms with Crippen molar-refractivity contribution >= 4 is 17.6 Å². The van der Waals surface area contributed by atoms with Crippen LogP contribution in [0.5, 0.6) is 5.88 Å². The zero-order chi connectivity index (χ0) is 19.9. The van der Waals surface area contributed by atoms with E-state index in [1.54, 1.807) is 0 Å².